The smallest absolute Gasteiger partial charge is 0.0207 e. The quantitative estimate of drug-likeness (QED) is 0.706. The van der Waals surface area contributed by atoms with Crippen LogP contribution in [0, 0.1) is 0 Å². The molecule has 0 amide bonds. The lowest BCUT2D eigenvalue weighted by Crippen LogP contribution is -2.26. The highest BCUT2D eigenvalue weighted by Crippen LogP contribution is 2.39. The highest BCUT2D eigenvalue weighted by molar-refractivity contribution is 7.99. The van der Waals surface area contributed by atoms with Gasteiger partial charge in [0.1, 0.15) is 0 Å². The van der Waals surface area contributed by atoms with Gasteiger partial charge in [-0.3, -0.25) is 0 Å². The number of hydrogen-bond donors (Lipinski definition) is 1. The fourth-order valence-electron chi connectivity index (χ4n) is 2.12. The Hall–Kier alpha value is -0.470. The molecule has 2 rings (SSSR count). The minimum absolute atomic E-state index is 0.618. The van der Waals surface area contributed by atoms with Crippen LogP contribution in [0.2, 0.25) is 0 Å². The van der Waals surface area contributed by atoms with Crippen molar-refractivity contribution >= 4 is 11.8 Å². The SMILES string of the molecule is CCSCCC(C)NCc1ccc(C2CC2)cc1. The summed E-state index contributed by atoms with van der Waals surface area (Å²) in [5.74, 6) is 3.37. The molecule has 18 heavy (non-hydrogen) atoms. The van der Waals surface area contributed by atoms with Gasteiger partial charge in [0.15, 0.2) is 0 Å². The standard InChI is InChI=1S/C16H25NS/c1-3-18-11-10-13(2)17-12-14-4-6-15(7-5-14)16-8-9-16/h4-7,13,16-17H,3,8-12H2,1-2H3. The molecule has 1 nitrogen and oxygen atoms in total. The molecular formula is C16H25NS. The average molecular weight is 263 g/mol. The summed E-state index contributed by atoms with van der Waals surface area (Å²) in [4.78, 5) is 0. The number of nitrogens with one attached hydrogen (secondary N) is 1. The Labute approximate surface area is 116 Å². The van der Waals surface area contributed by atoms with Gasteiger partial charge < -0.3 is 5.32 Å². The summed E-state index contributed by atoms with van der Waals surface area (Å²) in [7, 11) is 0. The summed E-state index contributed by atoms with van der Waals surface area (Å²) >= 11 is 2.03. The predicted molar refractivity (Wildman–Crippen MR) is 82.3 cm³/mol. The van der Waals surface area contributed by atoms with E-state index >= 15 is 0 Å². The Morgan fingerprint density at radius 1 is 1.28 bits per heavy atom. The van der Waals surface area contributed by atoms with Gasteiger partial charge in [0, 0.05) is 12.6 Å². The highest BCUT2D eigenvalue weighted by atomic mass is 32.2. The fourth-order valence-corrected chi connectivity index (χ4v) is 2.93. The highest BCUT2D eigenvalue weighted by Gasteiger charge is 2.22. The second-order valence-corrected chi connectivity index (χ2v) is 6.68. The Balaban J connectivity index is 1.68. The van der Waals surface area contributed by atoms with Crippen molar-refractivity contribution in [3.05, 3.63) is 35.4 Å². The van der Waals surface area contributed by atoms with Crippen LogP contribution in [0.4, 0.5) is 0 Å². The molecule has 1 aliphatic rings. The Morgan fingerprint density at radius 2 is 2.00 bits per heavy atom. The summed E-state index contributed by atoms with van der Waals surface area (Å²) in [6.45, 7) is 5.52. The van der Waals surface area contributed by atoms with Gasteiger partial charge >= 0.3 is 0 Å². The molecule has 100 valence electrons. The van der Waals surface area contributed by atoms with Crippen molar-refractivity contribution in [3.63, 3.8) is 0 Å². The van der Waals surface area contributed by atoms with E-state index < -0.39 is 0 Å². The third-order valence-corrected chi connectivity index (χ3v) is 4.52. The van der Waals surface area contributed by atoms with Crippen molar-refractivity contribution in [3.8, 4) is 0 Å². The van der Waals surface area contributed by atoms with Crippen LogP contribution in [0.15, 0.2) is 24.3 Å². The molecule has 0 aromatic heterocycles. The first-order valence-corrected chi connectivity index (χ1v) is 8.35. The molecule has 0 radical (unpaired) electrons. The average Bonchev–Trinajstić information content (AvgIpc) is 3.22. The van der Waals surface area contributed by atoms with Crippen molar-refractivity contribution in [2.24, 2.45) is 0 Å². The molecule has 0 saturated heterocycles. The number of thioether (sulfide) groups is 1. The Kier molecular flexibility index (Phi) is 5.58. The molecular weight excluding hydrogens is 238 g/mol. The van der Waals surface area contributed by atoms with Crippen molar-refractivity contribution < 1.29 is 0 Å². The van der Waals surface area contributed by atoms with Gasteiger partial charge in [-0.25, -0.2) is 0 Å². The zero-order valence-corrected chi connectivity index (χ0v) is 12.4. The molecule has 0 spiro atoms. The van der Waals surface area contributed by atoms with Gasteiger partial charge in [-0.1, -0.05) is 31.2 Å². The van der Waals surface area contributed by atoms with E-state index in [4.69, 9.17) is 0 Å². The Bertz CT molecular complexity index is 343. The molecule has 1 unspecified atom stereocenters. The molecule has 0 aliphatic heterocycles. The molecule has 1 atom stereocenters. The molecule has 1 saturated carbocycles. The van der Waals surface area contributed by atoms with Crippen LogP contribution < -0.4 is 5.32 Å². The van der Waals surface area contributed by atoms with Crippen LogP contribution in [-0.4, -0.2) is 17.5 Å². The molecule has 0 bridgehead atoms. The predicted octanol–water partition coefficient (Wildman–Crippen LogP) is 4.19. The van der Waals surface area contributed by atoms with E-state index in [1.54, 1.807) is 0 Å². The lowest BCUT2D eigenvalue weighted by atomic mass is 10.1. The summed E-state index contributed by atoms with van der Waals surface area (Å²) in [5.41, 5.74) is 2.94. The minimum atomic E-state index is 0.618. The molecule has 1 aromatic rings. The molecule has 1 N–H and O–H groups in total. The molecule has 1 aromatic carbocycles. The zero-order valence-electron chi connectivity index (χ0n) is 11.6. The van der Waals surface area contributed by atoms with Crippen molar-refractivity contribution in [2.75, 3.05) is 11.5 Å². The minimum Gasteiger partial charge on any atom is -0.310 e. The van der Waals surface area contributed by atoms with Gasteiger partial charge in [0.2, 0.25) is 0 Å². The number of rotatable bonds is 8. The van der Waals surface area contributed by atoms with Crippen LogP contribution in [0.3, 0.4) is 0 Å². The zero-order chi connectivity index (χ0) is 12.8. The molecule has 0 heterocycles. The summed E-state index contributed by atoms with van der Waals surface area (Å²) in [6, 6.07) is 9.81. The van der Waals surface area contributed by atoms with Crippen LogP contribution >= 0.6 is 11.8 Å². The molecule has 2 heteroatoms. The summed E-state index contributed by atoms with van der Waals surface area (Å²) in [5, 5.41) is 3.61. The normalized spacial score (nSPS) is 16.8. The van der Waals surface area contributed by atoms with Crippen molar-refractivity contribution in [2.45, 2.75) is 51.6 Å². The van der Waals surface area contributed by atoms with Crippen LogP contribution in [0.5, 0.6) is 0 Å². The maximum atomic E-state index is 3.61. The van der Waals surface area contributed by atoms with Crippen LogP contribution in [0.1, 0.15) is 50.2 Å². The van der Waals surface area contributed by atoms with Crippen molar-refractivity contribution in [1.82, 2.24) is 5.32 Å². The van der Waals surface area contributed by atoms with Gasteiger partial charge in [-0.05, 0) is 54.7 Å². The maximum Gasteiger partial charge on any atom is 0.0207 e. The largest absolute Gasteiger partial charge is 0.310 e. The van der Waals surface area contributed by atoms with E-state index in [-0.39, 0.29) is 0 Å². The topological polar surface area (TPSA) is 12.0 Å². The summed E-state index contributed by atoms with van der Waals surface area (Å²) in [6.07, 6.45) is 4.05. The van der Waals surface area contributed by atoms with Gasteiger partial charge in [-0.2, -0.15) is 11.8 Å². The van der Waals surface area contributed by atoms with Crippen molar-refractivity contribution in [1.29, 1.82) is 0 Å². The number of hydrogen-bond acceptors (Lipinski definition) is 2. The van der Waals surface area contributed by atoms with E-state index in [0.29, 0.717) is 6.04 Å². The van der Waals surface area contributed by atoms with Gasteiger partial charge in [0.25, 0.3) is 0 Å². The van der Waals surface area contributed by atoms with E-state index in [1.807, 2.05) is 11.8 Å². The lowest BCUT2D eigenvalue weighted by Gasteiger charge is -2.13. The summed E-state index contributed by atoms with van der Waals surface area (Å²) < 4.78 is 0. The van der Waals surface area contributed by atoms with E-state index in [2.05, 4.69) is 43.4 Å². The monoisotopic (exact) mass is 263 g/mol. The van der Waals surface area contributed by atoms with Gasteiger partial charge in [-0.15, -0.1) is 0 Å². The van der Waals surface area contributed by atoms with E-state index in [9.17, 15) is 0 Å². The first kappa shape index (κ1) is 14.0. The van der Waals surface area contributed by atoms with E-state index in [0.717, 1.165) is 12.5 Å². The number of benzene rings is 1. The second kappa shape index (κ2) is 7.20. The third kappa shape index (κ3) is 4.66. The third-order valence-electron chi connectivity index (χ3n) is 3.58. The van der Waals surface area contributed by atoms with Crippen LogP contribution in [-0.2, 0) is 6.54 Å². The lowest BCUT2D eigenvalue weighted by molar-refractivity contribution is 0.537. The van der Waals surface area contributed by atoms with Crippen LogP contribution in [0.25, 0.3) is 0 Å². The van der Waals surface area contributed by atoms with Gasteiger partial charge in [0.05, 0.1) is 0 Å². The molecule has 1 aliphatic carbocycles. The first-order valence-electron chi connectivity index (χ1n) is 7.19. The maximum absolute atomic E-state index is 3.61. The first-order chi connectivity index (χ1) is 8.79. The second-order valence-electron chi connectivity index (χ2n) is 5.28. The molecule has 1 fully saturated rings. The fraction of sp³-hybridized carbons (Fsp3) is 0.625. The Morgan fingerprint density at radius 3 is 2.61 bits per heavy atom. The van der Waals surface area contributed by atoms with E-state index in [1.165, 1.54) is 41.9 Å².